The van der Waals surface area contributed by atoms with Crippen molar-refractivity contribution < 1.29 is 4.79 Å². The molecule has 2 aromatic rings. The predicted octanol–water partition coefficient (Wildman–Crippen LogP) is 2.92. The van der Waals surface area contributed by atoms with Crippen molar-refractivity contribution in [2.24, 2.45) is 5.92 Å². The van der Waals surface area contributed by atoms with Crippen LogP contribution in [0.2, 0.25) is 0 Å². The lowest BCUT2D eigenvalue weighted by Gasteiger charge is -2.15. The second-order valence-electron chi connectivity index (χ2n) is 6.45. The first-order valence-corrected chi connectivity index (χ1v) is 8.12. The monoisotopic (exact) mass is 315 g/mol. The Kier molecular flexibility index (Phi) is 5.84. The topological polar surface area (TPSA) is 72.7 Å². The molecule has 6 heteroatoms. The minimum atomic E-state index is -0.0339. The Bertz CT molecular complexity index is 636. The summed E-state index contributed by atoms with van der Waals surface area (Å²) in [5.74, 6) is 0.674. The van der Waals surface area contributed by atoms with Crippen LogP contribution in [0.4, 0.5) is 0 Å². The molecule has 0 saturated heterocycles. The van der Waals surface area contributed by atoms with Crippen LogP contribution < -0.4 is 5.32 Å². The summed E-state index contributed by atoms with van der Waals surface area (Å²) >= 11 is 0. The maximum atomic E-state index is 12.3. The number of aryl methyl sites for hydroxylation is 1. The van der Waals surface area contributed by atoms with Crippen molar-refractivity contribution in [1.82, 2.24) is 25.5 Å². The molecular weight excluding hydrogens is 290 g/mol. The van der Waals surface area contributed by atoms with E-state index in [4.69, 9.17) is 0 Å². The average molecular weight is 315 g/mol. The van der Waals surface area contributed by atoms with Crippen LogP contribution in [0.15, 0.2) is 24.5 Å². The molecule has 1 atom stereocenters. The summed E-state index contributed by atoms with van der Waals surface area (Å²) < 4.78 is 1.59. The standard InChI is InChI=1S/C17H25N5O/c1-12(2)6-5-7-14(4)19-17(23)15-8-9-16(13(3)10-15)22-11-18-20-21-22/h8-12,14H,5-7H2,1-4H3,(H,19,23). The van der Waals surface area contributed by atoms with Crippen LogP contribution in [-0.2, 0) is 0 Å². The maximum absolute atomic E-state index is 12.3. The number of hydrogen-bond donors (Lipinski definition) is 1. The smallest absolute Gasteiger partial charge is 0.251 e. The first kappa shape index (κ1) is 17.1. The van der Waals surface area contributed by atoms with Crippen molar-refractivity contribution in [2.75, 3.05) is 0 Å². The maximum Gasteiger partial charge on any atom is 0.251 e. The molecule has 23 heavy (non-hydrogen) atoms. The molecule has 0 spiro atoms. The zero-order chi connectivity index (χ0) is 16.8. The number of hydrogen-bond acceptors (Lipinski definition) is 4. The summed E-state index contributed by atoms with van der Waals surface area (Å²) in [7, 11) is 0. The quantitative estimate of drug-likeness (QED) is 0.852. The highest BCUT2D eigenvalue weighted by Crippen LogP contribution is 2.15. The molecule has 124 valence electrons. The van der Waals surface area contributed by atoms with Gasteiger partial charge in [0.1, 0.15) is 6.33 Å². The Morgan fingerprint density at radius 1 is 1.26 bits per heavy atom. The molecule has 1 aromatic carbocycles. The van der Waals surface area contributed by atoms with Crippen molar-refractivity contribution >= 4 is 5.91 Å². The number of amides is 1. The van der Waals surface area contributed by atoms with Crippen molar-refractivity contribution in [1.29, 1.82) is 0 Å². The average Bonchev–Trinajstić information content (AvgIpc) is 3.00. The molecule has 6 nitrogen and oxygen atoms in total. The lowest BCUT2D eigenvalue weighted by atomic mass is 10.0. The van der Waals surface area contributed by atoms with Crippen molar-refractivity contribution in [3.05, 3.63) is 35.7 Å². The van der Waals surface area contributed by atoms with E-state index >= 15 is 0 Å². The van der Waals surface area contributed by atoms with Crippen LogP contribution in [-0.4, -0.2) is 32.2 Å². The molecule has 1 heterocycles. The van der Waals surface area contributed by atoms with E-state index in [1.807, 2.05) is 19.1 Å². The largest absolute Gasteiger partial charge is 0.350 e. The highest BCUT2D eigenvalue weighted by Gasteiger charge is 2.12. The third-order valence-corrected chi connectivity index (χ3v) is 3.85. The molecule has 1 amide bonds. The predicted molar refractivity (Wildman–Crippen MR) is 89.5 cm³/mol. The molecule has 1 unspecified atom stereocenters. The Morgan fingerprint density at radius 3 is 2.65 bits per heavy atom. The van der Waals surface area contributed by atoms with Crippen LogP contribution in [0.5, 0.6) is 0 Å². The minimum absolute atomic E-state index is 0.0339. The molecule has 0 aliphatic rings. The van der Waals surface area contributed by atoms with Crippen LogP contribution in [0, 0.1) is 12.8 Å². The van der Waals surface area contributed by atoms with E-state index in [2.05, 4.69) is 41.6 Å². The lowest BCUT2D eigenvalue weighted by molar-refractivity contribution is 0.0937. The number of tetrazole rings is 1. The summed E-state index contributed by atoms with van der Waals surface area (Å²) in [5, 5.41) is 14.2. The van der Waals surface area contributed by atoms with Gasteiger partial charge in [-0.25, -0.2) is 4.68 Å². The van der Waals surface area contributed by atoms with Gasteiger partial charge >= 0.3 is 0 Å². The van der Waals surface area contributed by atoms with Gasteiger partial charge in [0, 0.05) is 11.6 Å². The summed E-state index contributed by atoms with van der Waals surface area (Å²) in [4.78, 5) is 12.3. The number of carbonyl (C=O) groups is 1. The molecule has 0 saturated carbocycles. The Hall–Kier alpha value is -2.24. The first-order valence-electron chi connectivity index (χ1n) is 8.12. The summed E-state index contributed by atoms with van der Waals surface area (Å²) in [6.45, 7) is 8.44. The van der Waals surface area contributed by atoms with Gasteiger partial charge in [-0.1, -0.05) is 26.7 Å². The fraction of sp³-hybridized carbons (Fsp3) is 0.529. The Balaban J connectivity index is 1.96. The third kappa shape index (κ3) is 4.87. The molecule has 1 N–H and O–H groups in total. The van der Waals surface area contributed by atoms with E-state index in [0.717, 1.165) is 24.1 Å². The third-order valence-electron chi connectivity index (χ3n) is 3.85. The van der Waals surface area contributed by atoms with E-state index in [1.165, 1.54) is 6.42 Å². The molecule has 0 fully saturated rings. The van der Waals surface area contributed by atoms with Gasteiger partial charge in [0.2, 0.25) is 0 Å². The number of aromatic nitrogens is 4. The lowest BCUT2D eigenvalue weighted by Crippen LogP contribution is -2.32. The van der Waals surface area contributed by atoms with Gasteiger partial charge in [-0.3, -0.25) is 4.79 Å². The number of benzene rings is 1. The molecule has 0 aliphatic heterocycles. The van der Waals surface area contributed by atoms with Crippen molar-refractivity contribution in [3.63, 3.8) is 0 Å². The van der Waals surface area contributed by atoms with Gasteiger partial charge in [0.15, 0.2) is 0 Å². The fourth-order valence-electron chi connectivity index (χ4n) is 2.54. The van der Waals surface area contributed by atoms with Gasteiger partial charge < -0.3 is 5.32 Å². The van der Waals surface area contributed by atoms with Gasteiger partial charge in [0.05, 0.1) is 5.69 Å². The van der Waals surface area contributed by atoms with Crippen LogP contribution in [0.3, 0.4) is 0 Å². The van der Waals surface area contributed by atoms with E-state index in [0.29, 0.717) is 11.5 Å². The second-order valence-corrected chi connectivity index (χ2v) is 6.45. The zero-order valence-corrected chi connectivity index (χ0v) is 14.3. The van der Waals surface area contributed by atoms with Gasteiger partial charge in [-0.05, 0) is 60.4 Å². The second kappa shape index (κ2) is 7.85. The highest BCUT2D eigenvalue weighted by atomic mass is 16.1. The molecule has 0 radical (unpaired) electrons. The number of carbonyl (C=O) groups excluding carboxylic acids is 1. The van der Waals surface area contributed by atoms with E-state index in [-0.39, 0.29) is 11.9 Å². The number of rotatable bonds is 7. The molecule has 2 rings (SSSR count). The SMILES string of the molecule is Cc1cc(C(=O)NC(C)CCCC(C)C)ccc1-n1cnnn1. The van der Waals surface area contributed by atoms with E-state index < -0.39 is 0 Å². The summed E-state index contributed by atoms with van der Waals surface area (Å²) in [6, 6.07) is 5.72. The Labute approximate surface area is 137 Å². The fourth-order valence-corrected chi connectivity index (χ4v) is 2.54. The molecular formula is C17H25N5O. The molecule has 1 aromatic heterocycles. The van der Waals surface area contributed by atoms with Crippen LogP contribution >= 0.6 is 0 Å². The summed E-state index contributed by atoms with van der Waals surface area (Å²) in [6.07, 6.45) is 4.88. The van der Waals surface area contributed by atoms with Gasteiger partial charge in [-0.2, -0.15) is 0 Å². The summed E-state index contributed by atoms with van der Waals surface area (Å²) in [5.41, 5.74) is 2.49. The number of nitrogens with one attached hydrogen (secondary N) is 1. The normalized spacial score (nSPS) is 12.4. The molecule has 0 bridgehead atoms. The minimum Gasteiger partial charge on any atom is -0.350 e. The van der Waals surface area contributed by atoms with Crippen LogP contribution in [0.1, 0.15) is 56.0 Å². The van der Waals surface area contributed by atoms with E-state index in [9.17, 15) is 4.79 Å². The van der Waals surface area contributed by atoms with Gasteiger partial charge in [-0.15, -0.1) is 5.10 Å². The Morgan fingerprint density at radius 2 is 2.04 bits per heavy atom. The van der Waals surface area contributed by atoms with Crippen molar-refractivity contribution in [3.8, 4) is 5.69 Å². The van der Waals surface area contributed by atoms with Gasteiger partial charge in [0.25, 0.3) is 5.91 Å². The zero-order valence-electron chi connectivity index (χ0n) is 14.3. The highest BCUT2D eigenvalue weighted by molar-refractivity contribution is 5.94. The number of nitrogens with zero attached hydrogens (tertiary/aromatic N) is 4. The van der Waals surface area contributed by atoms with E-state index in [1.54, 1.807) is 17.1 Å². The molecule has 0 aliphatic carbocycles. The van der Waals surface area contributed by atoms with Crippen molar-refractivity contribution in [2.45, 2.75) is 53.0 Å². The first-order chi connectivity index (χ1) is 11.0. The van der Waals surface area contributed by atoms with Crippen LogP contribution in [0.25, 0.3) is 5.69 Å².